The molecule has 0 radical (unpaired) electrons. The fourth-order valence-electron chi connectivity index (χ4n) is 3.07. The van der Waals surface area contributed by atoms with Crippen LogP contribution >= 0.6 is 0 Å². The third-order valence-corrected chi connectivity index (χ3v) is 6.02. The van der Waals surface area contributed by atoms with Crippen LogP contribution in [0.3, 0.4) is 0 Å². The Hall–Kier alpha value is -1.97. The predicted molar refractivity (Wildman–Crippen MR) is 91.3 cm³/mol. The SMILES string of the molecule is O=S(=O)(NC1CCN(Cc2ccc(F)c(F)c2)CC1)c1cc(F)ccc1F. The summed E-state index contributed by atoms with van der Waals surface area (Å²) < 4.78 is 80.3. The number of benzene rings is 2. The van der Waals surface area contributed by atoms with Crippen molar-refractivity contribution in [3.8, 4) is 0 Å². The molecule has 1 aliphatic rings. The maximum absolute atomic E-state index is 13.7. The Labute approximate surface area is 154 Å². The van der Waals surface area contributed by atoms with Gasteiger partial charge in [-0.15, -0.1) is 0 Å². The highest BCUT2D eigenvalue weighted by Gasteiger charge is 2.27. The summed E-state index contributed by atoms with van der Waals surface area (Å²) in [6.07, 6.45) is 0.916. The molecule has 1 fully saturated rings. The zero-order valence-electron chi connectivity index (χ0n) is 14.3. The second-order valence-electron chi connectivity index (χ2n) is 6.49. The number of sulfonamides is 1. The molecule has 1 heterocycles. The summed E-state index contributed by atoms with van der Waals surface area (Å²) in [5, 5.41) is 0. The first-order valence-corrected chi connectivity index (χ1v) is 9.86. The van der Waals surface area contributed by atoms with Crippen molar-refractivity contribution in [2.75, 3.05) is 13.1 Å². The Morgan fingerprint density at radius 1 is 0.926 bits per heavy atom. The summed E-state index contributed by atoms with van der Waals surface area (Å²) in [6, 6.07) is 5.56. The second kappa shape index (κ2) is 7.95. The molecule has 0 unspecified atom stereocenters. The summed E-state index contributed by atoms with van der Waals surface area (Å²) in [5.41, 5.74) is 0.620. The third-order valence-electron chi connectivity index (χ3n) is 4.48. The Morgan fingerprint density at radius 2 is 1.59 bits per heavy atom. The molecule has 2 aromatic rings. The van der Waals surface area contributed by atoms with Gasteiger partial charge in [-0.25, -0.2) is 30.7 Å². The van der Waals surface area contributed by atoms with Gasteiger partial charge in [-0.2, -0.15) is 0 Å². The van der Waals surface area contributed by atoms with E-state index in [1.807, 2.05) is 4.90 Å². The van der Waals surface area contributed by atoms with E-state index in [2.05, 4.69) is 4.72 Å². The van der Waals surface area contributed by atoms with Gasteiger partial charge >= 0.3 is 0 Å². The van der Waals surface area contributed by atoms with Crippen LogP contribution in [0.5, 0.6) is 0 Å². The quantitative estimate of drug-likeness (QED) is 0.782. The van der Waals surface area contributed by atoms with Crippen LogP contribution in [-0.2, 0) is 16.6 Å². The number of piperidine rings is 1. The van der Waals surface area contributed by atoms with E-state index in [1.165, 1.54) is 6.07 Å². The highest BCUT2D eigenvalue weighted by atomic mass is 32.2. The van der Waals surface area contributed by atoms with Gasteiger partial charge in [-0.05, 0) is 48.7 Å². The zero-order valence-corrected chi connectivity index (χ0v) is 15.1. The monoisotopic (exact) mass is 402 g/mol. The van der Waals surface area contributed by atoms with Gasteiger partial charge in [0.2, 0.25) is 10.0 Å². The normalized spacial score (nSPS) is 16.6. The lowest BCUT2D eigenvalue weighted by molar-refractivity contribution is 0.199. The maximum atomic E-state index is 13.7. The van der Waals surface area contributed by atoms with Crippen molar-refractivity contribution in [3.05, 3.63) is 65.2 Å². The van der Waals surface area contributed by atoms with Crippen molar-refractivity contribution in [3.63, 3.8) is 0 Å². The van der Waals surface area contributed by atoms with E-state index in [-0.39, 0.29) is 0 Å². The highest BCUT2D eigenvalue weighted by molar-refractivity contribution is 7.89. The lowest BCUT2D eigenvalue weighted by atomic mass is 10.1. The lowest BCUT2D eigenvalue weighted by Gasteiger charge is -2.32. The van der Waals surface area contributed by atoms with Crippen LogP contribution in [0.1, 0.15) is 18.4 Å². The largest absolute Gasteiger partial charge is 0.299 e. The number of rotatable bonds is 5. The molecule has 146 valence electrons. The smallest absolute Gasteiger partial charge is 0.243 e. The van der Waals surface area contributed by atoms with Crippen molar-refractivity contribution in [2.45, 2.75) is 30.3 Å². The molecule has 4 nitrogen and oxygen atoms in total. The summed E-state index contributed by atoms with van der Waals surface area (Å²) in [4.78, 5) is 1.27. The van der Waals surface area contributed by atoms with Crippen molar-refractivity contribution < 1.29 is 26.0 Å². The molecule has 1 saturated heterocycles. The number of halogens is 4. The van der Waals surface area contributed by atoms with Gasteiger partial charge in [0.25, 0.3) is 0 Å². The van der Waals surface area contributed by atoms with Gasteiger partial charge in [0.05, 0.1) is 0 Å². The summed E-state index contributed by atoms with van der Waals surface area (Å²) in [6.45, 7) is 1.46. The lowest BCUT2D eigenvalue weighted by Crippen LogP contribution is -2.44. The van der Waals surface area contributed by atoms with Gasteiger partial charge < -0.3 is 0 Å². The van der Waals surface area contributed by atoms with Crippen LogP contribution in [0, 0.1) is 23.3 Å². The zero-order chi connectivity index (χ0) is 19.6. The van der Waals surface area contributed by atoms with E-state index in [0.29, 0.717) is 44.1 Å². The molecule has 27 heavy (non-hydrogen) atoms. The molecule has 0 spiro atoms. The van der Waals surface area contributed by atoms with Crippen LogP contribution in [0.2, 0.25) is 0 Å². The Balaban J connectivity index is 1.59. The molecule has 0 aromatic heterocycles. The minimum absolute atomic E-state index is 0.412. The Bertz CT molecular complexity index is 929. The Kier molecular flexibility index (Phi) is 5.83. The molecule has 1 N–H and O–H groups in total. The molecule has 2 aromatic carbocycles. The topological polar surface area (TPSA) is 49.4 Å². The number of nitrogens with zero attached hydrogens (tertiary/aromatic N) is 1. The van der Waals surface area contributed by atoms with Gasteiger partial charge in [0, 0.05) is 25.7 Å². The number of hydrogen-bond acceptors (Lipinski definition) is 3. The standard InChI is InChI=1S/C18H18F4N2O2S/c19-13-2-4-16(21)18(10-13)27(25,26)23-14-5-7-24(8-6-14)11-12-1-3-15(20)17(22)9-12/h1-4,9-10,14,23H,5-8,11H2. The van der Waals surface area contributed by atoms with E-state index >= 15 is 0 Å². The minimum atomic E-state index is -4.17. The van der Waals surface area contributed by atoms with E-state index in [1.54, 1.807) is 0 Å². The molecule has 1 aliphatic heterocycles. The first kappa shape index (κ1) is 19.8. The molecule has 9 heteroatoms. The van der Waals surface area contributed by atoms with E-state index in [4.69, 9.17) is 0 Å². The molecule has 0 atom stereocenters. The third kappa shape index (κ3) is 4.85. The molecule has 0 aliphatic carbocycles. The summed E-state index contributed by atoms with van der Waals surface area (Å²) in [7, 11) is -4.17. The predicted octanol–water partition coefficient (Wildman–Crippen LogP) is 3.19. The average molecular weight is 402 g/mol. The first-order valence-electron chi connectivity index (χ1n) is 8.38. The van der Waals surface area contributed by atoms with E-state index < -0.39 is 44.2 Å². The summed E-state index contributed by atoms with van der Waals surface area (Å²) >= 11 is 0. The van der Waals surface area contributed by atoms with Gasteiger partial charge in [0.1, 0.15) is 16.5 Å². The van der Waals surface area contributed by atoms with Gasteiger partial charge in [-0.3, -0.25) is 4.90 Å². The molecule has 3 rings (SSSR count). The fourth-order valence-corrected chi connectivity index (χ4v) is 4.47. The Morgan fingerprint density at radius 3 is 2.26 bits per heavy atom. The highest BCUT2D eigenvalue weighted by Crippen LogP contribution is 2.20. The second-order valence-corrected chi connectivity index (χ2v) is 8.18. The molecule has 0 saturated carbocycles. The molecular weight excluding hydrogens is 384 g/mol. The summed E-state index contributed by atoms with van der Waals surface area (Å²) in [5.74, 6) is -3.67. The van der Waals surface area contributed by atoms with Crippen molar-refractivity contribution in [1.82, 2.24) is 9.62 Å². The van der Waals surface area contributed by atoms with Crippen LogP contribution in [0.15, 0.2) is 41.3 Å². The minimum Gasteiger partial charge on any atom is -0.299 e. The molecular formula is C18H18F4N2O2S. The van der Waals surface area contributed by atoms with Crippen molar-refractivity contribution in [1.29, 1.82) is 0 Å². The van der Waals surface area contributed by atoms with Crippen LogP contribution < -0.4 is 4.72 Å². The van der Waals surface area contributed by atoms with Gasteiger partial charge in [0.15, 0.2) is 11.6 Å². The maximum Gasteiger partial charge on any atom is 0.243 e. The van der Waals surface area contributed by atoms with Crippen molar-refractivity contribution >= 4 is 10.0 Å². The van der Waals surface area contributed by atoms with E-state index in [9.17, 15) is 26.0 Å². The van der Waals surface area contributed by atoms with Gasteiger partial charge in [-0.1, -0.05) is 6.07 Å². The van der Waals surface area contributed by atoms with Crippen LogP contribution in [0.25, 0.3) is 0 Å². The number of nitrogens with one attached hydrogen (secondary N) is 1. The first-order chi connectivity index (χ1) is 12.7. The van der Waals surface area contributed by atoms with Crippen LogP contribution in [0.4, 0.5) is 17.6 Å². The molecule has 0 bridgehead atoms. The molecule has 0 amide bonds. The van der Waals surface area contributed by atoms with E-state index in [0.717, 1.165) is 24.3 Å². The van der Waals surface area contributed by atoms with Crippen molar-refractivity contribution in [2.24, 2.45) is 0 Å². The fraction of sp³-hybridized carbons (Fsp3) is 0.333. The average Bonchev–Trinajstić information content (AvgIpc) is 2.61. The number of likely N-dealkylation sites (tertiary alicyclic amines) is 1. The van der Waals surface area contributed by atoms with Crippen LogP contribution in [-0.4, -0.2) is 32.4 Å². The number of hydrogen-bond donors (Lipinski definition) is 1.